The molecule has 0 saturated heterocycles. The number of aromatic nitrogens is 2. The van der Waals surface area contributed by atoms with E-state index in [1.54, 1.807) is 14.0 Å². The van der Waals surface area contributed by atoms with Crippen LogP contribution >= 0.6 is 0 Å². The van der Waals surface area contributed by atoms with Gasteiger partial charge in [-0.3, -0.25) is 4.72 Å². The predicted molar refractivity (Wildman–Crippen MR) is 57.6 cm³/mol. The van der Waals surface area contributed by atoms with Crippen molar-refractivity contribution in [1.29, 1.82) is 0 Å². The minimum atomic E-state index is -3.47. The van der Waals surface area contributed by atoms with Gasteiger partial charge in [-0.2, -0.15) is 0 Å². The number of carbonyl (C=O) groups excluding carboxylic acids is 1. The van der Waals surface area contributed by atoms with Crippen LogP contribution in [0.1, 0.15) is 17.4 Å². The van der Waals surface area contributed by atoms with Crippen LogP contribution in [0, 0.1) is 0 Å². The van der Waals surface area contributed by atoms with E-state index in [1.807, 2.05) is 0 Å². The summed E-state index contributed by atoms with van der Waals surface area (Å²) in [6, 6.07) is 0. The summed E-state index contributed by atoms with van der Waals surface area (Å²) in [6.07, 6.45) is 2.32. The predicted octanol–water partition coefficient (Wildman–Crippen LogP) is -0.0317. The molecule has 0 amide bonds. The molecule has 0 spiro atoms. The Kier molecular flexibility index (Phi) is 3.53. The minimum absolute atomic E-state index is 0.0246. The highest BCUT2D eigenvalue weighted by Crippen LogP contribution is 2.14. The third-order valence-electron chi connectivity index (χ3n) is 1.69. The van der Waals surface area contributed by atoms with Gasteiger partial charge in [0.2, 0.25) is 10.0 Å². The lowest BCUT2D eigenvalue weighted by molar-refractivity contribution is 0.0516. The second kappa shape index (κ2) is 4.52. The summed E-state index contributed by atoms with van der Waals surface area (Å²) in [6.45, 7) is 1.88. The number of aryl methyl sites for hydroxylation is 1. The second-order valence-corrected chi connectivity index (χ2v) is 4.90. The van der Waals surface area contributed by atoms with Gasteiger partial charge in [0.25, 0.3) is 0 Å². The fourth-order valence-corrected chi connectivity index (χ4v) is 1.62. The van der Waals surface area contributed by atoms with Crippen molar-refractivity contribution in [1.82, 2.24) is 9.55 Å². The van der Waals surface area contributed by atoms with E-state index in [4.69, 9.17) is 4.74 Å². The van der Waals surface area contributed by atoms with Crippen LogP contribution in [-0.4, -0.2) is 36.8 Å². The summed E-state index contributed by atoms with van der Waals surface area (Å²) in [5.74, 6) is -0.642. The quantitative estimate of drug-likeness (QED) is 0.754. The Hall–Kier alpha value is -1.57. The molecule has 1 aromatic rings. The molecule has 0 radical (unpaired) electrons. The van der Waals surface area contributed by atoms with Crippen LogP contribution in [0.2, 0.25) is 0 Å². The van der Waals surface area contributed by atoms with Crippen molar-refractivity contribution in [3.63, 3.8) is 0 Å². The molecule has 0 unspecified atom stereocenters. The number of hydrogen-bond donors (Lipinski definition) is 1. The first-order valence-corrected chi connectivity index (χ1v) is 6.40. The number of imidazole rings is 1. The van der Waals surface area contributed by atoms with Crippen molar-refractivity contribution >= 4 is 21.8 Å². The van der Waals surface area contributed by atoms with Gasteiger partial charge in [0, 0.05) is 7.05 Å². The molecule has 90 valence electrons. The van der Waals surface area contributed by atoms with Crippen LogP contribution in [0.4, 0.5) is 5.82 Å². The average Bonchev–Trinajstić information content (AvgIpc) is 2.44. The molecule has 0 aromatic carbocycles. The first kappa shape index (κ1) is 12.5. The number of nitrogens with one attached hydrogen (secondary N) is 1. The number of esters is 1. The minimum Gasteiger partial charge on any atom is -0.461 e. The number of rotatable bonds is 4. The SMILES string of the molecule is CCOC(=O)c1c(NS(C)(=O)=O)ncn1C. The fraction of sp³-hybridized carbons (Fsp3) is 0.500. The topological polar surface area (TPSA) is 90.3 Å². The van der Waals surface area contributed by atoms with E-state index in [1.165, 1.54) is 10.9 Å². The van der Waals surface area contributed by atoms with E-state index >= 15 is 0 Å². The molecule has 1 heterocycles. The molecule has 0 bridgehead atoms. The van der Waals surface area contributed by atoms with Crippen LogP contribution in [0.25, 0.3) is 0 Å². The molecule has 1 rings (SSSR count). The highest BCUT2D eigenvalue weighted by atomic mass is 32.2. The number of ether oxygens (including phenoxy) is 1. The summed E-state index contributed by atoms with van der Waals surface area (Å²) < 4.78 is 30.4. The molecule has 0 atom stereocenters. The highest BCUT2D eigenvalue weighted by molar-refractivity contribution is 7.92. The van der Waals surface area contributed by atoms with Crippen molar-refractivity contribution < 1.29 is 17.9 Å². The first-order chi connectivity index (χ1) is 7.35. The van der Waals surface area contributed by atoms with Gasteiger partial charge in [0.1, 0.15) is 0 Å². The maximum Gasteiger partial charge on any atom is 0.358 e. The van der Waals surface area contributed by atoms with E-state index in [-0.39, 0.29) is 18.1 Å². The molecular formula is C8H13N3O4S. The normalized spacial score (nSPS) is 11.2. The molecule has 8 heteroatoms. The van der Waals surface area contributed by atoms with E-state index in [0.29, 0.717) is 0 Å². The summed E-state index contributed by atoms with van der Waals surface area (Å²) in [5.41, 5.74) is 0.0762. The van der Waals surface area contributed by atoms with Crippen molar-refractivity contribution in [2.24, 2.45) is 7.05 Å². The van der Waals surface area contributed by atoms with Crippen LogP contribution in [0.15, 0.2) is 6.33 Å². The molecular weight excluding hydrogens is 234 g/mol. The Morgan fingerprint density at radius 3 is 2.75 bits per heavy atom. The Labute approximate surface area is 93.5 Å². The second-order valence-electron chi connectivity index (χ2n) is 3.15. The zero-order chi connectivity index (χ0) is 12.3. The maximum absolute atomic E-state index is 11.5. The number of nitrogens with zero attached hydrogens (tertiary/aromatic N) is 2. The molecule has 0 aliphatic rings. The monoisotopic (exact) mass is 247 g/mol. The lowest BCUT2D eigenvalue weighted by Gasteiger charge is -2.05. The third-order valence-corrected chi connectivity index (χ3v) is 2.25. The third kappa shape index (κ3) is 2.96. The number of carbonyl (C=O) groups is 1. The van der Waals surface area contributed by atoms with Gasteiger partial charge in [0.05, 0.1) is 19.2 Å². The van der Waals surface area contributed by atoms with Gasteiger partial charge in [-0.1, -0.05) is 0 Å². The molecule has 0 aliphatic carbocycles. The van der Waals surface area contributed by atoms with Crippen molar-refractivity contribution in [3.8, 4) is 0 Å². The standard InChI is InChI=1S/C8H13N3O4S/c1-4-15-8(12)6-7(9-5-11(6)2)10-16(3,13)14/h5,10H,4H2,1-3H3. The van der Waals surface area contributed by atoms with E-state index in [9.17, 15) is 13.2 Å². The van der Waals surface area contributed by atoms with Gasteiger partial charge in [0.15, 0.2) is 11.5 Å². The van der Waals surface area contributed by atoms with E-state index in [2.05, 4.69) is 9.71 Å². The summed E-state index contributed by atoms with van der Waals surface area (Å²) in [4.78, 5) is 15.3. The van der Waals surface area contributed by atoms with Crippen LogP contribution in [0.3, 0.4) is 0 Å². The maximum atomic E-state index is 11.5. The first-order valence-electron chi connectivity index (χ1n) is 4.51. The summed E-state index contributed by atoms with van der Waals surface area (Å²) in [5, 5.41) is 0. The van der Waals surface area contributed by atoms with Gasteiger partial charge in [-0.25, -0.2) is 18.2 Å². The van der Waals surface area contributed by atoms with E-state index < -0.39 is 16.0 Å². The molecule has 0 saturated carbocycles. The Bertz CT molecular complexity index is 491. The molecule has 7 nitrogen and oxygen atoms in total. The lowest BCUT2D eigenvalue weighted by Crippen LogP contribution is -2.16. The summed E-state index contributed by atoms with van der Waals surface area (Å²) >= 11 is 0. The lowest BCUT2D eigenvalue weighted by atomic mass is 10.4. The molecule has 0 aliphatic heterocycles. The van der Waals surface area contributed by atoms with Gasteiger partial charge in [-0.05, 0) is 6.92 Å². The van der Waals surface area contributed by atoms with E-state index in [0.717, 1.165) is 6.26 Å². The molecule has 1 aromatic heterocycles. The highest BCUT2D eigenvalue weighted by Gasteiger charge is 2.20. The number of sulfonamides is 1. The Morgan fingerprint density at radius 1 is 1.62 bits per heavy atom. The van der Waals surface area contributed by atoms with Crippen molar-refractivity contribution in [3.05, 3.63) is 12.0 Å². The van der Waals surface area contributed by atoms with Crippen LogP contribution < -0.4 is 4.72 Å². The van der Waals surface area contributed by atoms with Gasteiger partial charge < -0.3 is 9.30 Å². The van der Waals surface area contributed by atoms with Gasteiger partial charge in [-0.15, -0.1) is 0 Å². The van der Waals surface area contributed by atoms with Crippen LogP contribution in [0.5, 0.6) is 0 Å². The zero-order valence-corrected chi connectivity index (χ0v) is 10.0. The Morgan fingerprint density at radius 2 is 2.25 bits per heavy atom. The van der Waals surface area contributed by atoms with Gasteiger partial charge >= 0.3 is 5.97 Å². The number of anilines is 1. The Balaban J connectivity index is 3.08. The average molecular weight is 247 g/mol. The molecule has 1 N–H and O–H groups in total. The zero-order valence-electron chi connectivity index (χ0n) is 9.22. The fourth-order valence-electron chi connectivity index (χ4n) is 1.12. The largest absolute Gasteiger partial charge is 0.461 e. The summed E-state index contributed by atoms with van der Waals surface area (Å²) in [7, 11) is -1.89. The van der Waals surface area contributed by atoms with Crippen LogP contribution in [-0.2, 0) is 21.8 Å². The van der Waals surface area contributed by atoms with Crippen molar-refractivity contribution in [2.75, 3.05) is 17.6 Å². The van der Waals surface area contributed by atoms with Crippen molar-refractivity contribution in [2.45, 2.75) is 6.92 Å². The molecule has 0 fully saturated rings. The smallest absolute Gasteiger partial charge is 0.358 e. The number of hydrogen-bond acceptors (Lipinski definition) is 5. The molecule has 16 heavy (non-hydrogen) atoms.